The summed E-state index contributed by atoms with van der Waals surface area (Å²) in [5, 5.41) is 10.2. The molecular formula is C28H34NO9S-. The Hall–Kier alpha value is -3.44. The van der Waals surface area contributed by atoms with Gasteiger partial charge in [0.1, 0.15) is 42.1 Å². The molecule has 0 radical (unpaired) electrons. The van der Waals surface area contributed by atoms with Crippen molar-refractivity contribution >= 4 is 35.2 Å². The van der Waals surface area contributed by atoms with Crippen LogP contribution in [0, 0.1) is 12.8 Å². The molecule has 2 aromatic carbocycles. The van der Waals surface area contributed by atoms with Crippen molar-refractivity contribution in [2.24, 2.45) is 5.92 Å². The number of carboxylic acid groups (broad SMARTS) is 1. The van der Waals surface area contributed by atoms with Crippen molar-refractivity contribution in [1.82, 2.24) is 0 Å². The van der Waals surface area contributed by atoms with Crippen LogP contribution >= 0.6 is 0 Å². The zero-order valence-corrected chi connectivity index (χ0v) is 23.5. The highest BCUT2D eigenvalue weighted by Gasteiger charge is 2.35. The highest BCUT2D eigenvalue weighted by Crippen LogP contribution is 2.48. The minimum atomic E-state index is -3.03. The summed E-state index contributed by atoms with van der Waals surface area (Å²) in [5.74, 6) is -3.16. The molecule has 1 N–H and O–H groups in total. The fourth-order valence-corrected chi connectivity index (χ4v) is 4.60. The molecule has 212 valence electrons. The van der Waals surface area contributed by atoms with Crippen molar-refractivity contribution < 1.29 is 42.5 Å². The van der Waals surface area contributed by atoms with E-state index in [0.717, 1.165) is 22.7 Å². The van der Waals surface area contributed by atoms with Crippen LogP contribution < -0.4 is 13.8 Å². The van der Waals surface area contributed by atoms with Gasteiger partial charge in [-0.05, 0) is 52.0 Å². The van der Waals surface area contributed by atoms with Gasteiger partial charge in [-0.15, -0.1) is 0 Å². The van der Waals surface area contributed by atoms with Gasteiger partial charge in [-0.2, -0.15) is 0 Å². The summed E-state index contributed by atoms with van der Waals surface area (Å²) in [7, 11) is 0. The molecule has 1 aliphatic rings. The van der Waals surface area contributed by atoms with E-state index in [1.807, 2.05) is 6.07 Å². The summed E-state index contributed by atoms with van der Waals surface area (Å²) >= 11 is -3.03. The number of hydrogen-bond donors (Lipinski definition) is 1. The Balaban J connectivity index is 2.28. The van der Waals surface area contributed by atoms with Crippen LogP contribution in [0.4, 0.5) is 5.69 Å². The Labute approximate surface area is 230 Å². The molecule has 39 heavy (non-hydrogen) atoms. The number of carbonyl (C=O) groups excluding carboxylic acids is 2. The molecule has 0 saturated heterocycles. The summed E-state index contributed by atoms with van der Waals surface area (Å²) in [5.41, 5.74) is -0.433. The van der Waals surface area contributed by atoms with E-state index in [9.17, 15) is 28.3 Å². The molecule has 0 bridgehead atoms. The number of carboxylic acids is 1. The average Bonchev–Trinajstić information content (AvgIpc) is 3.68. The van der Waals surface area contributed by atoms with Crippen molar-refractivity contribution in [1.29, 1.82) is 0 Å². The van der Waals surface area contributed by atoms with Gasteiger partial charge in [-0.1, -0.05) is 37.3 Å². The van der Waals surface area contributed by atoms with Crippen molar-refractivity contribution in [2.75, 3.05) is 17.5 Å². The zero-order chi connectivity index (χ0) is 28.9. The van der Waals surface area contributed by atoms with Gasteiger partial charge < -0.3 is 28.7 Å². The summed E-state index contributed by atoms with van der Waals surface area (Å²) in [6, 6.07) is 8.97. The number of esters is 1. The van der Waals surface area contributed by atoms with Crippen LogP contribution in [0.5, 0.6) is 11.5 Å². The van der Waals surface area contributed by atoms with E-state index in [4.69, 9.17) is 14.2 Å². The van der Waals surface area contributed by atoms with Crippen molar-refractivity contribution in [2.45, 2.75) is 65.6 Å². The molecule has 0 spiro atoms. The normalized spacial score (nSPS) is 14.7. The lowest BCUT2D eigenvalue weighted by Gasteiger charge is -2.33. The first kappa shape index (κ1) is 30.1. The molecule has 2 aromatic rings. The Bertz CT molecular complexity index is 1240. The summed E-state index contributed by atoms with van der Waals surface area (Å²) in [6.07, 6.45) is 2.40. The van der Waals surface area contributed by atoms with Gasteiger partial charge in [0.05, 0.1) is 12.3 Å². The standard InChI is InChI=1S/C28H35NO9S/c1-17(14-30)22-24(29(39(34)35)13-21(31)38-28(3,4)5)25(36-16-20-11-12-20)18(2)23(27(32)33)26(22)37-15-19-9-7-6-8-10-19/h6-10,14,17,20H,11-13,15-16H2,1-5H3,(H,32,33)(H,34,35)/p-1. The third-order valence-electron chi connectivity index (χ3n) is 6.04. The average molecular weight is 561 g/mol. The van der Waals surface area contributed by atoms with Crippen LogP contribution in [0.15, 0.2) is 30.3 Å². The lowest BCUT2D eigenvalue weighted by molar-refractivity contribution is -0.152. The molecule has 10 nitrogen and oxygen atoms in total. The minimum Gasteiger partial charge on any atom is -0.755 e. The van der Waals surface area contributed by atoms with E-state index in [1.165, 1.54) is 13.8 Å². The molecule has 2 atom stereocenters. The van der Waals surface area contributed by atoms with Crippen molar-refractivity contribution in [3.05, 3.63) is 52.6 Å². The van der Waals surface area contributed by atoms with E-state index >= 15 is 0 Å². The Kier molecular flexibility index (Phi) is 9.73. The molecule has 3 rings (SSSR count). The number of anilines is 1. The SMILES string of the molecule is Cc1c(OCC2CC2)c(N(CC(=O)OC(C)(C)C)S(=O)[O-])c(C(C)C=O)c(OCc2ccccc2)c1C(=O)O. The Morgan fingerprint density at radius 1 is 1.18 bits per heavy atom. The molecule has 1 aliphatic carbocycles. The number of rotatable bonds is 13. The van der Waals surface area contributed by atoms with Crippen molar-refractivity contribution in [3.63, 3.8) is 0 Å². The summed E-state index contributed by atoms with van der Waals surface area (Å²) < 4.78 is 43.4. The van der Waals surface area contributed by atoms with Crippen LogP contribution in [-0.2, 0) is 32.2 Å². The first-order valence-electron chi connectivity index (χ1n) is 12.6. The fraction of sp³-hybridized carbons (Fsp3) is 0.464. The molecule has 1 saturated carbocycles. The predicted octanol–water partition coefficient (Wildman–Crippen LogP) is 4.31. The maximum atomic E-state index is 12.8. The van der Waals surface area contributed by atoms with Gasteiger partial charge in [0.25, 0.3) is 0 Å². The monoisotopic (exact) mass is 560 g/mol. The molecular weight excluding hydrogens is 526 g/mol. The van der Waals surface area contributed by atoms with E-state index in [2.05, 4.69) is 0 Å². The zero-order valence-electron chi connectivity index (χ0n) is 22.7. The van der Waals surface area contributed by atoms with Gasteiger partial charge >= 0.3 is 11.9 Å². The molecule has 0 heterocycles. The van der Waals surface area contributed by atoms with Gasteiger partial charge in [0, 0.05) is 28.3 Å². The molecule has 1 fully saturated rings. The summed E-state index contributed by atoms with van der Waals surface area (Å²) in [4.78, 5) is 37.4. The van der Waals surface area contributed by atoms with Crippen LogP contribution in [0.1, 0.15) is 73.5 Å². The molecule has 0 aromatic heterocycles. The topological polar surface area (TPSA) is 142 Å². The number of aldehydes is 1. The molecule has 0 amide bonds. The fourth-order valence-electron chi connectivity index (χ4n) is 4.06. The lowest BCUT2D eigenvalue weighted by Crippen LogP contribution is -2.37. The quantitative estimate of drug-likeness (QED) is 0.215. The van der Waals surface area contributed by atoms with Gasteiger partial charge in [-0.25, -0.2) is 4.79 Å². The predicted molar refractivity (Wildman–Crippen MR) is 144 cm³/mol. The van der Waals surface area contributed by atoms with Gasteiger partial charge in [-0.3, -0.25) is 13.3 Å². The number of hydrogen-bond acceptors (Lipinski definition) is 8. The van der Waals surface area contributed by atoms with Crippen LogP contribution in [0.25, 0.3) is 0 Å². The number of benzene rings is 2. The highest BCUT2D eigenvalue weighted by molar-refractivity contribution is 7.80. The van der Waals surface area contributed by atoms with Crippen LogP contribution in [0.2, 0.25) is 0 Å². The minimum absolute atomic E-state index is 0.0116. The number of ether oxygens (including phenoxy) is 3. The second kappa shape index (κ2) is 12.6. The van der Waals surface area contributed by atoms with Crippen LogP contribution in [0.3, 0.4) is 0 Å². The van der Waals surface area contributed by atoms with E-state index in [0.29, 0.717) is 6.29 Å². The Morgan fingerprint density at radius 3 is 2.33 bits per heavy atom. The molecule has 0 aliphatic heterocycles. The summed E-state index contributed by atoms with van der Waals surface area (Å²) in [6.45, 7) is 7.37. The van der Waals surface area contributed by atoms with Crippen molar-refractivity contribution in [3.8, 4) is 11.5 Å². The van der Waals surface area contributed by atoms with E-state index in [1.54, 1.807) is 45.0 Å². The smallest absolute Gasteiger partial charge is 0.339 e. The molecule has 11 heteroatoms. The largest absolute Gasteiger partial charge is 0.755 e. The second-order valence-electron chi connectivity index (χ2n) is 10.5. The maximum Gasteiger partial charge on any atom is 0.339 e. The first-order chi connectivity index (χ1) is 18.3. The lowest BCUT2D eigenvalue weighted by atomic mass is 9.92. The maximum absolute atomic E-state index is 12.8. The highest BCUT2D eigenvalue weighted by atomic mass is 32.2. The number of nitrogens with zero attached hydrogens (tertiary/aromatic N) is 1. The third kappa shape index (κ3) is 7.79. The third-order valence-corrected chi connectivity index (χ3v) is 6.71. The Morgan fingerprint density at radius 2 is 1.82 bits per heavy atom. The molecule has 2 unspecified atom stereocenters. The second-order valence-corrected chi connectivity index (χ2v) is 11.4. The van der Waals surface area contributed by atoms with E-state index in [-0.39, 0.29) is 53.0 Å². The van der Waals surface area contributed by atoms with Gasteiger partial charge in [0.2, 0.25) is 0 Å². The van der Waals surface area contributed by atoms with Crippen LogP contribution in [-0.4, -0.2) is 50.8 Å². The number of carbonyl (C=O) groups is 3. The first-order valence-corrected chi connectivity index (χ1v) is 13.6. The van der Waals surface area contributed by atoms with E-state index < -0.39 is 41.3 Å². The number of aromatic carboxylic acids is 1. The van der Waals surface area contributed by atoms with Gasteiger partial charge in [0.15, 0.2) is 0 Å².